The first-order valence-corrected chi connectivity index (χ1v) is 10.5. The first kappa shape index (κ1) is 20.1. The minimum absolute atomic E-state index is 0.137. The Hall–Kier alpha value is -2.21. The average molecular weight is 395 g/mol. The van der Waals surface area contributed by atoms with Crippen LogP contribution in [0.3, 0.4) is 0 Å². The van der Waals surface area contributed by atoms with Gasteiger partial charge in [-0.3, -0.25) is 4.79 Å². The average Bonchev–Trinajstić information content (AvgIpc) is 3.22. The molecule has 4 aliphatic rings. The number of aliphatic hydroxyl groups is 1. The number of nitrogens with one attached hydrogen (secondary N) is 1. The van der Waals surface area contributed by atoms with Crippen LogP contribution < -0.4 is 5.32 Å². The van der Waals surface area contributed by atoms with Gasteiger partial charge in [-0.25, -0.2) is 0 Å². The smallest absolute Gasteiger partial charge is 0.207 e. The lowest BCUT2D eigenvalue weighted by molar-refractivity contribution is -0.200. The molecule has 2 aromatic carbocycles. The molecule has 0 radical (unpaired) electrons. The molecule has 1 saturated heterocycles. The zero-order valence-corrected chi connectivity index (χ0v) is 16.7. The molecule has 6 rings (SSSR count). The molecule has 2 N–H and O–H groups in total. The highest BCUT2D eigenvalue weighted by molar-refractivity contribution is 5.46. The molecule has 5 nitrogen and oxygen atoms in total. The maximum Gasteiger partial charge on any atom is 0.207 e. The molecule has 2 fully saturated rings. The Labute approximate surface area is 172 Å². The van der Waals surface area contributed by atoms with Crippen LogP contribution in [0.15, 0.2) is 48.5 Å². The first-order valence-electron chi connectivity index (χ1n) is 10.5. The number of ether oxygens (including phenoxy) is 2. The van der Waals surface area contributed by atoms with Gasteiger partial charge in [-0.2, -0.15) is 0 Å². The predicted molar refractivity (Wildman–Crippen MR) is 111 cm³/mol. The standard InChI is InChI=1S/C14H16O2.C10H13NO2/c1-2-4-12-11(3-1)10-5-6-13(12)14(9-10)15-7-8-16-14;12-6-5-9-3-1-2-4-10(9)7-11-8-13/h1-4,10,13H,5-9H2;1-4,8,12H,5-7H2,(H,11,13)/t10-,13-;/m1./s1. The Morgan fingerprint density at radius 1 is 1.00 bits per heavy atom. The molecule has 29 heavy (non-hydrogen) atoms. The Bertz CT molecular complexity index is 831. The van der Waals surface area contributed by atoms with Crippen molar-refractivity contribution in [3.63, 3.8) is 0 Å². The summed E-state index contributed by atoms with van der Waals surface area (Å²) in [7, 11) is 0. The summed E-state index contributed by atoms with van der Waals surface area (Å²) >= 11 is 0. The van der Waals surface area contributed by atoms with Crippen LogP contribution in [0, 0.1) is 0 Å². The van der Waals surface area contributed by atoms with Crippen LogP contribution in [0.25, 0.3) is 0 Å². The van der Waals surface area contributed by atoms with Crippen molar-refractivity contribution in [3.8, 4) is 0 Å². The lowest BCUT2D eigenvalue weighted by atomic mass is 9.63. The number of carbonyl (C=O) groups is 1. The van der Waals surface area contributed by atoms with Gasteiger partial charge in [0.1, 0.15) is 0 Å². The summed E-state index contributed by atoms with van der Waals surface area (Å²) in [4.78, 5) is 10.1. The molecule has 2 atom stereocenters. The molecule has 0 unspecified atom stereocenters. The molecular formula is C24H29NO4. The second-order valence-corrected chi connectivity index (χ2v) is 7.91. The third kappa shape index (κ3) is 4.08. The largest absolute Gasteiger partial charge is 0.396 e. The number of benzene rings is 2. The van der Waals surface area contributed by atoms with E-state index in [1.165, 1.54) is 18.4 Å². The van der Waals surface area contributed by atoms with E-state index >= 15 is 0 Å². The van der Waals surface area contributed by atoms with Crippen molar-refractivity contribution < 1.29 is 19.4 Å². The fourth-order valence-corrected chi connectivity index (χ4v) is 5.07. The van der Waals surface area contributed by atoms with Gasteiger partial charge in [-0.05, 0) is 47.4 Å². The molecular weight excluding hydrogens is 366 g/mol. The van der Waals surface area contributed by atoms with Crippen molar-refractivity contribution in [3.05, 3.63) is 70.8 Å². The van der Waals surface area contributed by atoms with E-state index < -0.39 is 0 Å². The van der Waals surface area contributed by atoms with Gasteiger partial charge in [0.15, 0.2) is 5.79 Å². The Morgan fingerprint density at radius 2 is 1.69 bits per heavy atom. The maximum absolute atomic E-state index is 10.1. The predicted octanol–water partition coefficient (Wildman–Crippen LogP) is 3.26. The van der Waals surface area contributed by atoms with Crippen LogP contribution in [0.5, 0.6) is 0 Å². The van der Waals surface area contributed by atoms with E-state index in [0.29, 0.717) is 31.2 Å². The molecule has 2 bridgehead atoms. The highest BCUT2D eigenvalue weighted by Crippen LogP contribution is 2.57. The molecule has 1 spiro atoms. The zero-order valence-electron chi connectivity index (χ0n) is 16.7. The van der Waals surface area contributed by atoms with E-state index in [1.54, 1.807) is 5.56 Å². The third-order valence-electron chi connectivity index (χ3n) is 6.33. The SMILES string of the molecule is O=CNCc1ccccc1CCO.c1ccc2c(c1)[C@@H]1CC[C@H]2C2(C1)OCCO2. The lowest BCUT2D eigenvalue weighted by Crippen LogP contribution is -2.46. The van der Waals surface area contributed by atoms with Crippen molar-refractivity contribution in [2.45, 2.75) is 49.9 Å². The Morgan fingerprint density at radius 3 is 2.41 bits per heavy atom. The zero-order chi connectivity index (χ0) is 20.1. The molecule has 3 aliphatic carbocycles. The van der Waals surface area contributed by atoms with Gasteiger partial charge in [0.25, 0.3) is 0 Å². The summed E-state index contributed by atoms with van der Waals surface area (Å²) in [6.45, 7) is 2.20. The highest BCUT2D eigenvalue weighted by Gasteiger charge is 2.53. The maximum atomic E-state index is 10.1. The van der Waals surface area contributed by atoms with Crippen LogP contribution in [-0.2, 0) is 27.2 Å². The quantitative estimate of drug-likeness (QED) is 0.763. The number of rotatable bonds is 5. The fourth-order valence-electron chi connectivity index (χ4n) is 5.07. The molecule has 0 aromatic heterocycles. The van der Waals surface area contributed by atoms with E-state index in [1.807, 2.05) is 24.3 Å². The summed E-state index contributed by atoms with van der Waals surface area (Å²) < 4.78 is 11.9. The number of carbonyl (C=O) groups excluding carboxylic acids is 1. The van der Waals surface area contributed by atoms with Gasteiger partial charge in [0.05, 0.1) is 13.2 Å². The summed E-state index contributed by atoms with van der Waals surface area (Å²) in [5.74, 6) is 0.854. The number of aliphatic hydroxyl groups excluding tert-OH is 1. The molecule has 5 heteroatoms. The van der Waals surface area contributed by atoms with Gasteiger partial charge in [0, 0.05) is 25.5 Å². The van der Waals surface area contributed by atoms with Crippen LogP contribution in [0.4, 0.5) is 0 Å². The molecule has 154 valence electrons. The Balaban J connectivity index is 0.000000146. The minimum atomic E-state index is -0.267. The normalized spacial score (nSPS) is 23.2. The van der Waals surface area contributed by atoms with Crippen molar-refractivity contribution in [2.24, 2.45) is 0 Å². The third-order valence-corrected chi connectivity index (χ3v) is 6.33. The second kappa shape index (κ2) is 9.08. The van der Waals surface area contributed by atoms with Crippen molar-refractivity contribution in [1.29, 1.82) is 0 Å². The van der Waals surface area contributed by atoms with Gasteiger partial charge in [0.2, 0.25) is 6.41 Å². The summed E-state index contributed by atoms with van der Waals surface area (Å²) in [6, 6.07) is 16.6. The van der Waals surface area contributed by atoms with Crippen LogP contribution >= 0.6 is 0 Å². The highest BCUT2D eigenvalue weighted by atomic mass is 16.7. The van der Waals surface area contributed by atoms with Crippen LogP contribution in [0.1, 0.15) is 53.4 Å². The van der Waals surface area contributed by atoms with Gasteiger partial charge >= 0.3 is 0 Å². The first-order chi connectivity index (χ1) is 14.3. The minimum Gasteiger partial charge on any atom is -0.396 e. The van der Waals surface area contributed by atoms with Crippen molar-refractivity contribution in [2.75, 3.05) is 19.8 Å². The van der Waals surface area contributed by atoms with Crippen LogP contribution in [0.2, 0.25) is 0 Å². The molecule has 1 aliphatic heterocycles. The van der Waals surface area contributed by atoms with E-state index in [0.717, 1.165) is 30.8 Å². The van der Waals surface area contributed by atoms with E-state index in [9.17, 15) is 4.79 Å². The number of fused-ring (bicyclic) bond motifs is 1. The molecule has 2 aromatic rings. The Kier molecular flexibility index (Phi) is 6.28. The van der Waals surface area contributed by atoms with E-state index in [-0.39, 0.29) is 12.4 Å². The number of amides is 1. The fraction of sp³-hybridized carbons (Fsp3) is 0.458. The summed E-state index contributed by atoms with van der Waals surface area (Å²) in [5.41, 5.74) is 5.17. The summed E-state index contributed by atoms with van der Waals surface area (Å²) in [6.07, 6.45) is 4.90. The van der Waals surface area contributed by atoms with Gasteiger partial charge in [-0.1, -0.05) is 48.5 Å². The molecule has 1 heterocycles. The van der Waals surface area contributed by atoms with E-state index in [4.69, 9.17) is 14.6 Å². The molecule has 1 saturated carbocycles. The molecule has 1 amide bonds. The van der Waals surface area contributed by atoms with Crippen LogP contribution in [-0.4, -0.2) is 37.1 Å². The van der Waals surface area contributed by atoms with Gasteiger partial charge in [-0.15, -0.1) is 0 Å². The monoisotopic (exact) mass is 395 g/mol. The van der Waals surface area contributed by atoms with Crippen molar-refractivity contribution in [1.82, 2.24) is 5.32 Å². The number of hydrogen-bond acceptors (Lipinski definition) is 4. The van der Waals surface area contributed by atoms with Gasteiger partial charge < -0.3 is 19.9 Å². The van der Waals surface area contributed by atoms with E-state index in [2.05, 4.69) is 29.6 Å². The summed E-state index contributed by atoms with van der Waals surface area (Å²) in [5, 5.41) is 11.4. The lowest BCUT2D eigenvalue weighted by Gasteiger charge is -2.49. The number of hydrogen-bond donors (Lipinski definition) is 2. The topological polar surface area (TPSA) is 67.8 Å². The second-order valence-electron chi connectivity index (χ2n) is 7.91. The van der Waals surface area contributed by atoms with Crippen molar-refractivity contribution >= 4 is 6.41 Å².